The second-order valence-corrected chi connectivity index (χ2v) is 2.06. The molecule has 1 aliphatic heterocycles. The highest BCUT2D eigenvalue weighted by atomic mass is 16.6. The molecule has 6 nitrogen and oxygen atoms in total. The normalized spacial score (nSPS) is 18.0. The van der Waals surface area contributed by atoms with Gasteiger partial charge >= 0.3 is 11.6 Å². The Morgan fingerprint density at radius 2 is 2.27 bits per heavy atom. The van der Waals surface area contributed by atoms with Crippen molar-refractivity contribution in [2.24, 2.45) is 0 Å². The van der Waals surface area contributed by atoms with E-state index in [1.165, 1.54) is 0 Å². The minimum atomic E-state index is -0.885. The zero-order valence-corrected chi connectivity index (χ0v) is 5.53. The number of hydrogen-bond acceptors (Lipinski definition) is 4. The van der Waals surface area contributed by atoms with Gasteiger partial charge in [-0.15, -0.1) is 0 Å². The molecule has 0 saturated carbocycles. The van der Waals surface area contributed by atoms with Crippen LogP contribution >= 0.6 is 0 Å². The Morgan fingerprint density at radius 3 is 2.64 bits per heavy atom. The molecule has 2 N–H and O–H groups in total. The van der Waals surface area contributed by atoms with Gasteiger partial charge in [0.1, 0.15) is 0 Å². The van der Waals surface area contributed by atoms with Gasteiger partial charge in [-0.3, -0.25) is 14.9 Å². The van der Waals surface area contributed by atoms with E-state index in [1.807, 2.05) is 0 Å². The lowest BCUT2D eigenvalue weighted by atomic mass is 10.2. The molecule has 60 valence electrons. The van der Waals surface area contributed by atoms with Gasteiger partial charge in [0, 0.05) is 13.0 Å². The Hall–Kier alpha value is -1.59. The molecule has 0 aromatic heterocycles. The maximum absolute atomic E-state index is 10.7. The van der Waals surface area contributed by atoms with Crippen LogP contribution in [0.25, 0.3) is 0 Å². The molecule has 0 aliphatic carbocycles. The number of carbonyl (C=O) groups is 1. The molecule has 0 radical (unpaired) electrons. The second-order valence-electron chi connectivity index (χ2n) is 2.06. The molecule has 1 heterocycles. The molecule has 0 spiro atoms. The van der Waals surface area contributed by atoms with Crippen LogP contribution in [0.3, 0.4) is 0 Å². The Morgan fingerprint density at radius 1 is 1.64 bits per heavy atom. The summed E-state index contributed by atoms with van der Waals surface area (Å²) in [6.45, 7) is 0.252. The van der Waals surface area contributed by atoms with Crippen LogP contribution in [0.1, 0.15) is 6.42 Å². The summed E-state index contributed by atoms with van der Waals surface area (Å²) in [6, 6.07) is 0. The number of nitrogens with one attached hydrogen (secondary N) is 1. The van der Waals surface area contributed by atoms with Crippen molar-refractivity contribution in [2.45, 2.75) is 6.42 Å². The number of hydrogen-bond donors (Lipinski definition) is 2. The predicted molar refractivity (Wildman–Crippen MR) is 34.3 cm³/mol. The first-order valence-electron chi connectivity index (χ1n) is 2.97. The summed E-state index contributed by atoms with van der Waals surface area (Å²) in [5, 5.41) is 21.2. The number of nitrogens with zero attached hydrogens (tertiary/aromatic N) is 1. The quantitative estimate of drug-likeness (QED) is 0.399. The zero-order valence-electron chi connectivity index (χ0n) is 5.53. The fourth-order valence-corrected chi connectivity index (χ4v) is 0.816. The van der Waals surface area contributed by atoms with Gasteiger partial charge in [0.2, 0.25) is 0 Å². The highest BCUT2D eigenvalue weighted by molar-refractivity contribution is 5.92. The molecular weight excluding hydrogens is 152 g/mol. The largest absolute Gasteiger partial charge is 0.506 e. The molecule has 0 fully saturated rings. The van der Waals surface area contributed by atoms with Crippen LogP contribution in [-0.4, -0.2) is 22.5 Å². The highest BCUT2D eigenvalue weighted by Gasteiger charge is 2.30. The SMILES string of the molecule is O=C1NCCC(O)=C1[N+](=O)[O-]. The third kappa shape index (κ3) is 1.28. The smallest absolute Gasteiger partial charge is 0.370 e. The molecule has 6 heteroatoms. The van der Waals surface area contributed by atoms with E-state index in [1.54, 1.807) is 0 Å². The van der Waals surface area contributed by atoms with Crippen molar-refractivity contribution in [2.75, 3.05) is 6.54 Å². The van der Waals surface area contributed by atoms with Crippen LogP contribution in [-0.2, 0) is 4.79 Å². The Bertz CT molecular complexity index is 245. The van der Waals surface area contributed by atoms with E-state index in [4.69, 9.17) is 5.11 Å². The van der Waals surface area contributed by atoms with E-state index < -0.39 is 22.3 Å². The van der Waals surface area contributed by atoms with Crippen molar-refractivity contribution in [3.05, 3.63) is 21.6 Å². The minimum Gasteiger partial charge on any atom is -0.506 e. The van der Waals surface area contributed by atoms with Crippen molar-refractivity contribution in [1.29, 1.82) is 0 Å². The predicted octanol–water partition coefficient (Wildman–Crippen LogP) is -0.447. The second kappa shape index (κ2) is 2.57. The van der Waals surface area contributed by atoms with Crippen LogP contribution < -0.4 is 5.32 Å². The zero-order chi connectivity index (χ0) is 8.43. The molecule has 0 saturated heterocycles. The fraction of sp³-hybridized carbons (Fsp3) is 0.400. The van der Waals surface area contributed by atoms with Crippen LogP contribution in [0.4, 0.5) is 0 Å². The van der Waals surface area contributed by atoms with Crippen molar-refractivity contribution in [1.82, 2.24) is 5.32 Å². The third-order valence-corrected chi connectivity index (χ3v) is 1.32. The standard InChI is InChI=1S/C5H6N2O4/c8-3-1-2-6-5(9)4(3)7(10)11/h8H,1-2H2,(H,6,9). The number of aliphatic hydroxyl groups excluding tert-OH is 1. The summed E-state index contributed by atoms with van der Waals surface area (Å²) in [4.78, 5) is 19.9. The molecule has 1 aliphatic rings. The summed E-state index contributed by atoms with van der Waals surface area (Å²) >= 11 is 0. The van der Waals surface area contributed by atoms with Crippen LogP contribution in [0.15, 0.2) is 11.5 Å². The van der Waals surface area contributed by atoms with Crippen molar-refractivity contribution in [3.63, 3.8) is 0 Å². The lowest BCUT2D eigenvalue weighted by molar-refractivity contribution is -0.422. The van der Waals surface area contributed by atoms with Crippen molar-refractivity contribution >= 4 is 5.91 Å². The summed E-state index contributed by atoms with van der Waals surface area (Å²) in [5.74, 6) is -1.27. The summed E-state index contributed by atoms with van der Waals surface area (Å²) in [6.07, 6.45) is 0.127. The van der Waals surface area contributed by atoms with Crippen molar-refractivity contribution in [3.8, 4) is 0 Å². The maximum atomic E-state index is 10.7. The first-order chi connectivity index (χ1) is 5.13. The van der Waals surface area contributed by atoms with E-state index in [2.05, 4.69) is 5.32 Å². The maximum Gasteiger partial charge on any atom is 0.370 e. The highest BCUT2D eigenvalue weighted by Crippen LogP contribution is 2.10. The Balaban J connectivity index is 3.01. The summed E-state index contributed by atoms with van der Waals surface area (Å²) < 4.78 is 0. The monoisotopic (exact) mass is 158 g/mol. The topological polar surface area (TPSA) is 92.5 Å². The summed E-state index contributed by atoms with van der Waals surface area (Å²) in [5.41, 5.74) is -0.740. The van der Waals surface area contributed by atoms with Crippen molar-refractivity contribution < 1.29 is 14.8 Å². The van der Waals surface area contributed by atoms with Gasteiger partial charge in [-0.2, -0.15) is 0 Å². The average molecular weight is 158 g/mol. The van der Waals surface area contributed by atoms with E-state index >= 15 is 0 Å². The first kappa shape index (κ1) is 7.52. The minimum absolute atomic E-state index is 0.127. The van der Waals surface area contributed by atoms with Gasteiger partial charge in [0.15, 0.2) is 5.76 Å². The first-order valence-corrected chi connectivity index (χ1v) is 2.97. The van der Waals surface area contributed by atoms with Gasteiger partial charge in [0.25, 0.3) is 0 Å². The number of aliphatic hydroxyl groups is 1. The van der Waals surface area contributed by atoms with Crippen LogP contribution in [0.2, 0.25) is 0 Å². The van der Waals surface area contributed by atoms with Crippen LogP contribution in [0, 0.1) is 10.1 Å². The fourth-order valence-electron chi connectivity index (χ4n) is 0.816. The Kier molecular flexibility index (Phi) is 1.75. The molecule has 0 bridgehead atoms. The molecule has 0 unspecified atom stereocenters. The van der Waals surface area contributed by atoms with E-state index in [0.29, 0.717) is 0 Å². The molecule has 11 heavy (non-hydrogen) atoms. The van der Waals surface area contributed by atoms with Gasteiger partial charge < -0.3 is 10.4 Å². The molecule has 1 rings (SSSR count). The number of amides is 1. The molecule has 0 atom stereocenters. The van der Waals surface area contributed by atoms with Crippen LogP contribution in [0.5, 0.6) is 0 Å². The molecule has 1 amide bonds. The van der Waals surface area contributed by atoms with E-state index in [9.17, 15) is 14.9 Å². The molecule has 0 aromatic rings. The van der Waals surface area contributed by atoms with Gasteiger partial charge in [-0.25, -0.2) is 0 Å². The number of nitro groups is 1. The lowest BCUT2D eigenvalue weighted by Crippen LogP contribution is -2.34. The molecule has 0 aromatic carbocycles. The number of carbonyl (C=O) groups excluding carboxylic acids is 1. The third-order valence-electron chi connectivity index (χ3n) is 1.32. The van der Waals surface area contributed by atoms with Gasteiger partial charge in [-0.1, -0.05) is 0 Å². The Labute approximate surface area is 61.7 Å². The van der Waals surface area contributed by atoms with E-state index in [-0.39, 0.29) is 13.0 Å². The average Bonchev–Trinajstić information content (AvgIpc) is 1.85. The molecular formula is C5H6N2O4. The lowest BCUT2D eigenvalue weighted by Gasteiger charge is -2.09. The van der Waals surface area contributed by atoms with Gasteiger partial charge in [0.05, 0.1) is 4.92 Å². The summed E-state index contributed by atoms with van der Waals surface area (Å²) in [7, 11) is 0. The van der Waals surface area contributed by atoms with Gasteiger partial charge in [-0.05, 0) is 0 Å². The van der Waals surface area contributed by atoms with E-state index in [0.717, 1.165) is 0 Å². The number of rotatable bonds is 1.